The summed E-state index contributed by atoms with van der Waals surface area (Å²) in [5.41, 5.74) is -0.587. The average molecular weight is 208 g/mol. The van der Waals surface area contributed by atoms with Crippen LogP contribution < -0.4 is 0 Å². The van der Waals surface area contributed by atoms with E-state index < -0.39 is 17.7 Å². The Kier molecular flexibility index (Phi) is 2.29. The molecule has 0 aromatic rings. The highest BCUT2D eigenvalue weighted by molar-refractivity contribution is 5.04. The summed E-state index contributed by atoms with van der Waals surface area (Å²) in [5, 5.41) is 0. The minimum absolute atomic E-state index is 0.213. The lowest BCUT2D eigenvalue weighted by Crippen LogP contribution is -2.64. The number of hydrogen-bond donors (Lipinski definition) is 0. The summed E-state index contributed by atoms with van der Waals surface area (Å²) in [7, 11) is 0. The second-order valence-corrected chi connectivity index (χ2v) is 4.49. The van der Waals surface area contributed by atoms with Crippen LogP contribution in [0.25, 0.3) is 0 Å². The first-order valence-electron chi connectivity index (χ1n) is 5.19. The van der Waals surface area contributed by atoms with Gasteiger partial charge in [0.1, 0.15) is 0 Å². The van der Waals surface area contributed by atoms with Crippen LogP contribution >= 0.6 is 0 Å². The fraction of sp³-hybridized carbons (Fsp3) is 1.00. The standard InChI is InChI=1S/C10H15F3O/c1-7-9(5-3-2-4-6-9)8(14-7)10(11,12)13/h7-8H,2-6H2,1H3. The summed E-state index contributed by atoms with van der Waals surface area (Å²) in [6, 6.07) is 0. The Morgan fingerprint density at radius 3 is 2.14 bits per heavy atom. The summed E-state index contributed by atoms with van der Waals surface area (Å²) in [6.45, 7) is 1.77. The number of ether oxygens (including phenoxy) is 1. The van der Waals surface area contributed by atoms with Crippen molar-refractivity contribution in [3.8, 4) is 0 Å². The molecule has 1 nitrogen and oxygen atoms in total. The first kappa shape index (κ1) is 10.3. The zero-order chi connectivity index (χ0) is 10.4. The van der Waals surface area contributed by atoms with Crippen molar-refractivity contribution in [1.82, 2.24) is 0 Å². The molecule has 1 saturated carbocycles. The zero-order valence-electron chi connectivity index (χ0n) is 8.23. The summed E-state index contributed by atoms with van der Waals surface area (Å²) in [6.07, 6.45) is -1.63. The summed E-state index contributed by atoms with van der Waals surface area (Å²) in [4.78, 5) is 0. The van der Waals surface area contributed by atoms with Crippen molar-refractivity contribution in [2.45, 2.75) is 57.4 Å². The maximum Gasteiger partial charge on any atom is 0.415 e. The van der Waals surface area contributed by atoms with E-state index in [1.54, 1.807) is 6.92 Å². The third-order valence-corrected chi connectivity index (χ3v) is 3.75. The van der Waals surface area contributed by atoms with E-state index in [9.17, 15) is 13.2 Å². The van der Waals surface area contributed by atoms with E-state index in [-0.39, 0.29) is 6.10 Å². The topological polar surface area (TPSA) is 9.23 Å². The Hall–Kier alpha value is -0.250. The van der Waals surface area contributed by atoms with E-state index in [1.165, 1.54) is 0 Å². The Bertz CT molecular complexity index is 218. The Morgan fingerprint density at radius 2 is 1.71 bits per heavy atom. The van der Waals surface area contributed by atoms with Crippen molar-refractivity contribution in [3.63, 3.8) is 0 Å². The zero-order valence-corrected chi connectivity index (χ0v) is 8.23. The van der Waals surface area contributed by atoms with Crippen LogP contribution in [0.2, 0.25) is 0 Å². The van der Waals surface area contributed by atoms with Gasteiger partial charge in [-0.05, 0) is 19.8 Å². The average Bonchev–Trinajstić information content (AvgIpc) is 2.14. The van der Waals surface area contributed by atoms with Gasteiger partial charge in [-0.15, -0.1) is 0 Å². The minimum atomic E-state index is -4.18. The number of halogens is 3. The van der Waals surface area contributed by atoms with Crippen molar-refractivity contribution in [1.29, 1.82) is 0 Å². The highest BCUT2D eigenvalue weighted by Gasteiger charge is 2.64. The molecule has 1 aliphatic heterocycles. The van der Waals surface area contributed by atoms with Gasteiger partial charge in [-0.3, -0.25) is 0 Å². The van der Waals surface area contributed by atoms with E-state index in [4.69, 9.17) is 4.74 Å². The molecule has 2 aliphatic rings. The monoisotopic (exact) mass is 208 g/mol. The second kappa shape index (κ2) is 3.12. The second-order valence-electron chi connectivity index (χ2n) is 4.49. The van der Waals surface area contributed by atoms with Gasteiger partial charge < -0.3 is 4.74 Å². The molecule has 0 radical (unpaired) electrons. The lowest BCUT2D eigenvalue weighted by molar-refractivity contribution is -0.359. The predicted molar refractivity (Wildman–Crippen MR) is 45.9 cm³/mol. The molecule has 1 saturated heterocycles. The summed E-state index contributed by atoms with van der Waals surface area (Å²) >= 11 is 0. The molecule has 14 heavy (non-hydrogen) atoms. The Morgan fingerprint density at radius 1 is 1.14 bits per heavy atom. The van der Waals surface area contributed by atoms with E-state index in [0.717, 1.165) is 19.3 Å². The molecular formula is C10H15F3O. The fourth-order valence-corrected chi connectivity index (χ4v) is 2.90. The van der Waals surface area contributed by atoms with Crippen LogP contribution in [-0.2, 0) is 4.74 Å². The number of rotatable bonds is 0. The van der Waals surface area contributed by atoms with E-state index in [2.05, 4.69) is 0 Å². The molecule has 2 atom stereocenters. The summed E-state index contributed by atoms with van der Waals surface area (Å²) in [5.74, 6) is 0. The molecule has 1 heterocycles. The third-order valence-electron chi connectivity index (χ3n) is 3.75. The molecule has 0 bridgehead atoms. The normalized spacial score (nSPS) is 36.9. The van der Waals surface area contributed by atoms with Crippen molar-refractivity contribution in [2.24, 2.45) is 5.41 Å². The van der Waals surface area contributed by atoms with Gasteiger partial charge in [-0.2, -0.15) is 13.2 Å². The van der Waals surface area contributed by atoms with Crippen molar-refractivity contribution in [3.05, 3.63) is 0 Å². The molecule has 2 rings (SSSR count). The molecular weight excluding hydrogens is 193 g/mol. The molecule has 0 aromatic heterocycles. The molecule has 82 valence electrons. The van der Waals surface area contributed by atoms with Gasteiger partial charge in [0.15, 0.2) is 6.10 Å². The maximum absolute atomic E-state index is 12.6. The quantitative estimate of drug-likeness (QED) is 0.593. The maximum atomic E-state index is 12.6. The van der Waals surface area contributed by atoms with E-state index in [0.29, 0.717) is 12.8 Å². The fourth-order valence-electron chi connectivity index (χ4n) is 2.90. The third kappa shape index (κ3) is 1.35. The highest BCUT2D eigenvalue weighted by atomic mass is 19.4. The van der Waals surface area contributed by atoms with Crippen LogP contribution in [0, 0.1) is 5.41 Å². The van der Waals surface area contributed by atoms with Gasteiger partial charge in [0.25, 0.3) is 0 Å². The molecule has 4 heteroatoms. The largest absolute Gasteiger partial charge is 0.415 e. The van der Waals surface area contributed by atoms with E-state index >= 15 is 0 Å². The Labute approximate surface area is 81.6 Å². The van der Waals surface area contributed by atoms with Gasteiger partial charge >= 0.3 is 6.18 Å². The lowest BCUT2D eigenvalue weighted by Gasteiger charge is -2.56. The number of alkyl halides is 3. The minimum Gasteiger partial charge on any atom is -0.364 e. The molecule has 2 unspecified atom stereocenters. The molecule has 1 aliphatic carbocycles. The molecule has 0 N–H and O–H groups in total. The van der Waals surface area contributed by atoms with Gasteiger partial charge in [0.2, 0.25) is 0 Å². The molecule has 1 spiro atoms. The number of hydrogen-bond acceptors (Lipinski definition) is 1. The highest BCUT2D eigenvalue weighted by Crippen LogP contribution is 2.56. The van der Waals surface area contributed by atoms with Crippen molar-refractivity contribution in [2.75, 3.05) is 0 Å². The predicted octanol–water partition coefficient (Wildman–Crippen LogP) is 3.29. The van der Waals surface area contributed by atoms with E-state index in [1.807, 2.05) is 0 Å². The van der Waals surface area contributed by atoms with Gasteiger partial charge in [0.05, 0.1) is 6.10 Å². The SMILES string of the molecule is CC1OC(C(F)(F)F)C12CCCCC2. The van der Waals surface area contributed by atoms with Gasteiger partial charge in [-0.1, -0.05) is 19.3 Å². The molecule has 0 amide bonds. The van der Waals surface area contributed by atoms with Crippen molar-refractivity contribution >= 4 is 0 Å². The Balaban J connectivity index is 2.14. The molecule has 2 fully saturated rings. The first-order chi connectivity index (χ1) is 6.47. The van der Waals surface area contributed by atoms with Crippen molar-refractivity contribution < 1.29 is 17.9 Å². The van der Waals surface area contributed by atoms with Crippen LogP contribution in [0.5, 0.6) is 0 Å². The van der Waals surface area contributed by atoms with Gasteiger partial charge in [0, 0.05) is 5.41 Å². The smallest absolute Gasteiger partial charge is 0.364 e. The van der Waals surface area contributed by atoms with Crippen LogP contribution in [0.4, 0.5) is 13.2 Å². The summed E-state index contributed by atoms with van der Waals surface area (Å²) < 4.78 is 42.6. The van der Waals surface area contributed by atoms with Crippen LogP contribution in [0.1, 0.15) is 39.0 Å². The molecule has 0 aromatic carbocycles. The first-order valence-corrected chi connectivity index (χ1v) is 5.19. The van der Waals surface area contributed by atoms with Gasteiger partial charge in [-0.25, -0.2) is 0 Å². The van der Waals surface area contributed by atoms with Crippen LogP contribution in [0.3, 0.4) is 0 Å². The van der Waals surface area contributed by atoms with Crippen LogP contribution in [0.15, 0.2) is 0 Å². The van der Waals surface area contributed by atoms with Crippen LogP contribution in [-0.4, -0.2) is 18.4 Å². The lowest BCUT2D eigenvalue weighted by atomic mass is 9.63.